The number of amides is 1. The number of oxazole rings is 1. The number of fused-ring (bicyclic) bond motifs is 1. The highest BCUT2D eigenvalue weighted by molar-refractivity contribution is 5.98. The average molecular weight is 445 g/mol. The van der Waals surface area contributed by atoms with Crippen molar-refractivity contribution in [2.45, 2.75) is 39.2 Å². The van der Waals surface area contributed by atoms with Crippen molar-refractivity contribution in [1.82, 2.24) is 24.9 Å². The number of benzene rings is 2. The number of hydrogen-bond donors (Lipinski definition) is 0. The molecule has 0 N–H and O–H groups in total. The highest BCUT2D eigenvalue weighted by Gasteiger charge is 2.31. The molecule has 1 saturated heterocycles. The minimum atomic E-state index is 0.0175. The molecule has 4 aromatic rings. The summed E-state index contributed by atoms with van der Waals surface area (Å²) in [5, 5.41) is 8.51. The number of aromatic nitrogens is 4. The van der Waals surface area contributed by atoms with E-state index in [1.807, 2.05) is 54.3 Å². The molecule has 0 aliphatic carbocycles. The lowest BCUT2D eigenvalue weighted by Crippen LogP contribution is -2.45. The van der Waals surface area contributed by atoms with E-state index in [4.69, 9.17) is 9.40 Å². The van der Waals surface area contributed by atoms with Gasteiger partial charge < -0.3 is 14.2 Å². The summed E-state index contributed by atoms with van der Waals surface area (Å²) in [4.78, 5) is 24.3. The molecular weight excluding hydrogens is 416 g/mol. The summed E-state index contributed by atoms with van der Waals surface area (Å²) in [5.74, 6) is 0.0175. The van der Waals surface area contributed by atoms with Crippen molar-refractivity contribution >= 4 is 23.0 Å². The molecule has 1 fully saturated rings. The Balaban J connectivity index is 1.46. The normalized spacial score (nSPS) is 16.8. The zero-order chi connectivity index (χ0) is 22.8. The number of para-hydroxylation sites is 2. The van der Waals surface area contributed by atoms with Crippen molar-refractivity contribution in [3.63, 3.8) is 0 Å². The highest BCUT2D eigenvalue weighted by atomic mass is 16.4. The molecular formula is C25H28N6O2. The maximum atomic E-state index is 13.9. The fraction of sp³-hybridized carbons (Fsp3) is 0.360. The number of anilines is 1. The summed E-state index contributed by atoms with van der Waals surface area (Å²) in [6, 6.07) is 14.3. The maximum absolute atomic E-state index is 13.9. The first-order chi connectivity index (χ1) is 16.1. The Labute approximate surface area is 192 Å². The number of rotatable bonds is 5. The van der Waals surface area contributed by atoms with E-state index < -0.39 is 0 Å². The minimum Gasteiger partial charge on any atom is -0.423 e. The summed E-state index contributed by atoms with van der Waals surface area (Å²) >= 11 is 0. The summed E-state index contributed by atoms with van der Waals surface area (Å²) < 4.78 is 6.05. The van der Waals surface area contributed by atoms with Gasteiger partial charge in [-0.15, -0.1) is 0 Å². The maximum Gasteiger partial charge on any atom is 0.298 e. The molecule has 8 nitrogen and oxygen atoms in total. The smallest absolute Gasteiger partial charge is 0.298 e. The van der Waals surface area contributed by atoms with E-state index in [1.165, 1.54) is 4.80 Å². The van der Waals surface area contributed by atoms with Crippen molar-refractivity contribution in [2.75, 3.05) is 24.5 Å². The van der Waals surface area contributed by atoms with Crippen molar-refractivity contribution in [2.24, 2.45) is 0 Å². The summed E-state index contributed by atoms with van der Waals surface area (Å²) in [5.41, 5.74) is 4.00. The molecule has 0 radical (unpaired) electrons. The van der Waals surface area contributed by atoms with Crippen LogP contribution in [0.3, 0.4) is 0 Å². The van der Waals surface area contributed by atoms with E-state index >= 15 is 0 Å². The van der Waals surface area contributed by atoms with Gasteiger partial charge in [0.05, 0.1) is 23.6 Å². The van der Waals surface area contributed by atoms with Crippen LogP contribution in [-0.4, -0.2) is 56.5 Å². The van der Waals surface area contributed by atoms with Gasteiger partial charge in [-0.1, -0.05) is 37.1 Å². The van der Waals surface area contributed by atoms with Crippen molar-refractivity contribution in [3.8, 4) is 5.69 Å². The third-order valence-electron chi connectivity index (χ3n) is 6.15. The summed E-state index contributed by atoms with van der Waals surface area (Å²) in [6.45, 7) is 6.31. The van der Waals surface area contributed by atoms with Crippen LogP contribution in [0.1, 0.15) is 42.1 Å². The molecule has 1 amide bonds. The van der Waals surface area contributed by atoms with Gasteiger partial charge >= 0.3 is 0 Å². The number of carbonyl (C=O) groups excluding carboxylic acids is 1. The first kappa shape index (κ1) is 21.2. The number of aryl methyl sites for hydroxylation is 1. The first-order valence-electron chi connectivity index (χ1n) is 11.5. The Kier molecular flexibility index (Phi) is 5.81. The molecule has 5 rings (SSSR count). The summed E-state index contributed by atoms with van der Waals surface area (Å²) in [6.07, 6.45) is 5.98. The molecule has 0 saturated carbocycles. The molecule has 0 bridgehead atoms. The Morgan fingerprint density at radius 2 is 1.94 bits per heavy atom. The second-order valence-corrected chi connectivity index (χ2v) is 8.54. The largest absolute Gasteiger partial charge is 0.423 e. The number of carbonyl (C=O) groups is 1. The lowest BCUT2D eigenvalue weighted by atomic mass is 10.0. The van der Waals surface area contributed by atoms with E-state index in [9.17, 15) is 4.79 Å². The zero-order valence-corrected chi connectivity index (χ0v) is 19.0. The van der Waals surface area contributed by atoms with Crippen LogP contribution in [0.25, 0.3) is 16.8 Å². The molecule has 1 aliphatic heterocycles. The monoisotopic (exact) mass is 444 g/mol. The molecule has 2 aromatic carbocycles. The van der Waals surface area contributed by atoms with Crippen LogP contribution in [0, 0.1) is 6.92 Å². The molecule has 3 heterocycles. The van der Waals surface area contributed by atoms with Gasteiger partial charge in [-0.3, -0.25) is 4.79 Å². The second-order valence-electron chi connectivity index (χ2n) is 8.54. The van der Waals surface area contributed by atoms with E-state index in [1.54, 1.807) is 12.4 Å². The topological polar surface area (TPSA) is 80.3 Å². The van der Waals surface area contributed by atoms with Gasteiger partial charge in [0, 0.05) is 25.7 Å². The van der Waals surface area contributed by atoms with Gasteiger partial charge in [0.15, 0.2) is 5.58 Å². The highest BCUT2D eigenvalue weighted by Crippen LogP contribution is 2.27. The molecule has 0 spiro atoms. The fourth-order valence-corrected chi connectivity index (χ4v) is 4.57. The standard InChI is InChI=1S/C25H28N6O2/c1-3-7-19-17-29(25-28-21-8-4-5-9-23(21)33-25)14-6-15-30(19)24(32)20-16-18(2)10-11-22(20)31-26-12-13-27-31/h4-5,8-13,16,19H,3,6-7,14-15,17H2,1-2H3. The third-order valence-corrected chi connectivity index (χ3v) is 6.15. The molecule has 8 heteroatoms. The van der Waals surface area contributed by atoms with Crippen LogP contribution in [0.2, 0.25) is 0 Å². The van der Waals surface area contributed by atoms with E-state index in [0.717, 1.165) is 42.5 Å². The van der Waals surface area contributed by atoms with Crippen LogP contribution < -0.4 is 4.90 Å². The van der Waals surface area contributed by atoms with Gasteiger partial charge in [-0.05, 0) is 44.0 Å². The predicted octanol–water partition coefficient (Wildman–Crippen LogP) is 4.24. The van der Waals surface area contributed by atoms with Crippen LogP contribution in [0.5, 0.6) is 0 Å². The molecule has 2 aromatic heterocycles. The Bertz CT molecular complexity index is 1220. The SMILES string of the molecule is CCCC1CN(c2nc3ccccc3o2)CCCN1C(=O)c1cc(C)ccc1-n1nccn1. The van der Waals surface area contributed by atoms with Gasteiger partial charge in [-0.25, -0.2) is 0 Å². The Morgan fingerprint density at radius 3 is 2.73 bits per heavy atom. The Morgan fingerprint density at radius 1 is 1.12 bits per heavy atom. The third kappa shape index (κ3) is 4.20. The molecule has 33 heavy (non-hydrogen) atoms. The van der Waals surface area contributed by atoms with E-state index in [-0.39, 0.29) is 11.9 Å². The van der Waals surface area contributed by atoms with Gasteiger partial charge in [0.1, 0.15) is 5.52 Å². The molecule has 1 atom stereocenters. The van der Waals surface area contributed by atoms with Crippen molar-refractivity contribution in [1.29, 1.82) is 0 Å². The van der Waals surface area contributed by atoms with Gasteiger partial charge in [0.25, 0.3) is 11.9 Å². The van der Waals surface area contributed by atoms with Gasteiger partial charge in [0.2, 0.25) is 0 Å². The predicted molar refractivity (Wildman–Crippen MR) is 127 cm³/mol. The van der Waals surface area contributed by atoms with Crippen LogP contribution >= 0.6 is 0 Å². The van der Waals surface area contributed by atoms with E-state index in [2.05, 4.69) is 22.0 Å². The van der Waals surface area contributed by atoms with Gasteiger partial charge in [-0.2, -0.15) is 20.0 Å². The zero-order valence-electron chi connectivity index (χ0n) is 19.0. The molecule has 1 aliphatic rings. The first-order valence-corrected chi connectivity index (χ1v) is 11.5. The quantitative estimate of drug-likeness (QED) is 0.458. The van der Waals surface area contributed by atoms with Crippen LogP contribution in [0.4, 0.5) is 6.01 Å². The van der Waals surface area contributed by atoms with Crippen LogP contribution in [0.15, 0.2) is 59.3 Å². The second kappa shape index (κ2) is 9.05. The van der Waals surface area contributed by atoms with Crippen molar-refractivity contribution in [3.05, 3.63) is 66.0 Å². The fourth-order valence-electron chi connectivity index (χ4n) is 4.57. The lowest BCUT2D eigenvalue weighted by Gasteiger charge is -2.32. The molecule has 1 unspecified atom stereocenters. The summed E-state index contributed by atoms with van der Waals surface area (Å²) in [7, 11) is 0. The van der Waals surface area contributed by atoms with E-state index in [0.29, 0.717) is 30.4 Å². The lowest BCUT2D eigenvalue weighted by molar-refractivity contribution is 0.0685. The van der Waals surface area contributed by atoms with Crippen molar-refractivity contribution < 1.29 is 9.21 Å². The number of hydrogen-bond acceptors (Lipinski definition) is 6. The molecule has 170 valence electrons. The Hall–Kier alpha value is -3.68. The van der Waals surface area contributed by atoms with Crippen LogP contribution in [-0.2, 0) is 0 Å². The minimum absolute atomic E-state index is 0.0175. The number of nitrogens with zero attached hydrogens (tertiary/aromatic N) is 6. The average Bonchev–Trinajstić information content (AvgIpc) is 3.46.